The van der Waals surface area contributed by atoms with Crippen molar-refractivity contribution in [3.63, 3.8) is 0 Å². The molecular weight excluding hydrogens is 212 g/mol. The highest BCUT2D eigenvalue weighted by molar-refractivity contribution is 5.61. The minimum atomic E-state index is -0.0555. The largest absolute Gasteiger partial charge is 0.496 e. The van der Waals surface area contributed by atoms with Crippen LogP contribution in [0.2, 0.25) is 0 Å². The SMILES string of the molecule is C=CCN(CC)c1cccc(OC)c1[C@@H](C)N. The summed E-state index contributed by atoms with van der Waals surface area (Å²) in [5, 5.41) is 0. The van der Waals surface area contributed by atoms with Gasteiger partial charge in [0, 0.05) is 30.4 Å². The molecule has 0 spiro atoms. The van der Waals surface area contributed by atoms with Crippen LogP contribution < -0.4 is 15.4 Å². The van der Waals surface area contributed by atoms with Crippen LogP contribution >= 0.6 is 0 Å². The summed E-state index contributed by atoms with van der Waals surface area (Å²) in [6.45, 7) is 9.61. The van der Waals surface area contributed by atoms with Gasteiger partial charge >= 0.3 is 0 Å². The molecule has 0 saturated heterocycles. The van der Waals surface area contributed by atoms with Crippen molar-refractivity contribution in [1.82, 2.24) is 0 Å². The average molecular weight is 234 g/mol. The highest BCUT2D eigenvalue weighted by atomic mass is 16.5. The quantitative estimate of drug-likeness (QED) is 0.769. The molecule has 1 atom stereocenters. The molecule has 94 valence electrons. The summed E-state index contributed by atoms with van der Waals surface area (Å²) in [6.07, 6.45) is 1.90. The van der Waals surface area contributed by atoms with Gasteiger partial charge in [0.2, 0.25) is 0 Å². The number of methoxy groups -OCH3 is 1. The number of ether oxygens (including phenoxy) is 1. The lowest BCUT2D eigenvalue weighted by atomic mass is 10.0. The summed E-state index contributed by atoms with van der Waals surface area (Å²) in [4.78, 5) is 2.23. The van der Waals surface area contributed by atoms with Crippen molar-refractivity contribution in [3.05, 3.63) is 36.4 Å². The van der Waals surface area contributed by atoms with Gasteiger partial charge in [-0.25, -0.2) is 0 Å². The van der Waals surface area contributed by atoms with Crippen LogP contribution in [-0.2, 0) is 0 Å². The second-order valence-electron chi connectivity index (χ2n) is 4.01. The van der Waals surface area contributed by atoms with Crippen molar-refractivity contribution in [2.75, 3.05) is 25.1 Å². The predicted molar refractivity (Wildman–Crippen MR) is 73.7 cm³/mol. The summed E-state index contributed by atoms with van der Waals surface area (Å²) in [5.74, 6) is 0.847. The number of hydrogen-bond acceptors (Lipinski definition) is 3. The van der Waals surface area contributed by atoms with Crippen LogP contribution in [-0.4, -0.2) is 20.2 Å². The van der Waals surface area contributed by atoms with E-state index in [1.54, 1.807) is 7.11 Å². The maximum absolute atomic E-state index is 6.05. The lowest BCUT2D eigenvalue weighted by molar-refractivity contribution is 0.407. The highest BCUT2D eigenvalue weighted by Crippen LogP contribution is 2.33. The fraction of sp³-hybridized carbons (Fsp3) is 0.429. The lowest BCUT2D eigenvalue weighted by Gasteiger charge is -2.27. The molecule has 0 aliphatic carbocycles. The summed E-state index contributed by atoms with van der Waals surface area (Å²) < 4.78 is 5.39. The molecular formula is C14H22N2O. The zero-order valence-corrected chi connectivity index (χ0v) is 10.9. The van der Waals surface area contributed by atoms with E-state index >= 15 is 0 Å². The van der Waals surface area contributed by atoms with E-state index in [0.717, 1.165) is 30.1 Å². The molecule has 0 unspecified atom stereocenters. The van der Waals surface area contributed by atoms with E-state index in [9.17, 15) is 0 Å². The van der Waals surface area contributed by atoms with Gasteiger partial charge in [0.1, 0.15) is 5.75 Å². The molecule has 17 heavy (non-hydrogen) atoms. The molecule has 1 rings (SSSR count). The van der Waals surface area contributed by atoms with Crippen molar-refractivity contribution in [2.24, 2.45) is 5.73 Å². The second-order valence-corrected chi connectivity index (χ2v) is 4.01. The number of nitrogens with zero attached hydrogens (tertiary/aromatic N) is 1. The molecule has 0 heterocycles. The van der Waals surface area contributed by atoms with Crippen molar-refractivity contribution in [1.29, 1.82) is 0 Å². The number of benzene rings is 1. The summed E-state index contributed by atoms with van der Waals surface area (Å²) >= 11 is 0. The number of hydrogen-bond donors (Lipinski definition) is 1. The van der Waals surface area contributed by atoms with Gasteiger partial charge in [-0.05, 0) is 26.0 Å². The molecule has 0 aromatic heterocycles. The molecule has 0 aliphatic heterocycles. The van der Waals surface area contributed by atoms with Crippen LogP contribution in [0, 0.1) is 0 Å². The fourth-order valence-electron chi connectivity index (χ4n) is 2.00. The minimum Gasteiger partial charge on any atom is -0.496 e. The highest BCUT2D eigenvalue weighted by Gasteiger charge is 2.16. The zero-order chi connectivity index (χ0) is 12.8. The topological polar surface area (TPSA) is 38.5 Å². The Morgan fingerprint density at radius 3 is 2.71 bits per heavy atom. The Balaban J connectivity index is 3.25. The molecule has 0 radical (unpaired) electrons. The maximum atomic E-state index is 6.05. The molecule has 3 heteroatoms. The third-order valence-corrected chi connectivity index (χ3v) is 2.79. The zero-order valence-electron chi connectivity index (χ0n) is 10.9. The number of nitrogens with two attached hydrogens (primary N) is 1. The summed E-state index contributed by atoms with van der Waals surface area (Å²) in [7, 11) is 1.68. The van der Waals surface area contributed by atoms with Crippen LogP contribution in [0.15, 0.2) is 30.9 Å². The smallest absolute Gasteiger partial charge is 0.125 e. The van der Waals surface area contributed by atoms with Crippen LogP contribution in [0.5, 0.6) is 5.75 Å². The Bertz CT molecular complexity index is 374. The van der Waals surface area contributed by atoms with Gasteiger partial charge in [-0.3, -0.25) is 0 Å². The van der Waals surface area contributed by atoms with Crippen molar-refractivity contribution >= 4 is 5.69 Å². The van der Waals surface area contributed by atoms with Crippen molar-refractivity contribution in [3.8, 4) is 5.75 Å². The van der Waals surface area contributed by atoms with E-state index in [0.29, 0.717) is 0 Å². The molecule has 0 fully saturated rings. The van der Waals surface area contributed by atoms with E-state index in [1.165, 1.54) is 0 Å². The molecule has 0 aliphatic rings. The minimum absolute atomic E-state index is 0.0555. The first kappa shape index (κ1) is 13.6. The average Bonchev–Trinajstić information content (AvgIpc) is 2.34. The number of anilines is 1. The number of likely N-dealkylation sites (N-methyl/N-ethyl adjacent to an activating group) is 1. The molecule has 0 saturated carbocycles. The summed E-state index contributed by atoms with van der Waals surface area (Å²) in [6, 6.07) is 5.96. The van der Waals surface area contributed by atoms with Crippen molar-refractivity contribution < 1.29 is 4.74 Å². The first-order valence-corrected chi connectivity index (χ1v) is 5.94. The van der Waals surface area contributed by atoms with Crippen LogP contribution in [0.25, 0.3) is 0 Å². The maximum Gasteiger partial charge on any atom is 0.125 e. The van der Waals surface area contributed by atoms with E-state index in [4.69, 9.17) is 10.5 Å². The Morgan fingerprint density at radius 2 is 2.24 bits per heavy atom. The molecule has 1 aromatic carbocycles. The van der Waals surface area contributed by atoms with Crippen molar-refractivity contribution in [2.45, 2.75) is 19.9 Å². The normalized spacial score (nSPS) is 12.0. The first-order valence-electron chi connectivity index (χ1n) is 5.94. The fourth-order valence-corrected chi connectivity index (χ4v) is 2.00. The van der Waals surface area contributed by atoms with Crippen LogP contribution in [0.4, 0.5) is 5.69 Å². The van der Waals surface area contributed by atoms with Crippen LogP contribution in [0.1, 0.15) is 25.5 Å². The van der Waals surface area contributed by atoms with E-state index < -0.39 is 0 Å². The third-order valence-electron chi connectivity index (χ3n) is 2.79. The standard InChI is InChI=1S/C14H22N2O/c1-5-10-16(6-2)12-8-7-9-13(17-4)14(12)11(3)15/h5,7-9,11H,1,6,10,15H2,2-4H3/t11-/m1/s1. The molecule has 2 N–H and O–H groups in total. The lowest BCUT2D eigenvalue weighted by Crippen LogP contribution is -2.25. The molecule has 1 aromatic rings. The van der Waals surface area contributed by atoms with E-state index in [1.807, 2.05) is 25.1 Å². The van der Waals surface area contributed by atoms with Gasteiger partial charge in [0.15, 0.2) is 0 Å². The van der Waals surface area contributed by atoms with Gasteiger partial charge in [0.25, 0.3) is 0 Å². The first-order chi connectivity index (χ1) is 8.15. The Labute approximate surface area is 104 Å². The Kier molecular flexibility index (Phi) is 5.04. The molecule has 3 nitrogen and oxygen atoms in total. The predicted octanol–water partition coefficient (Wildman–Crippen LogP) is 2.73. The van der Waals surface area contributed by atoms with Gasteiger partial charge in [0.05, 0.1) is 7.11 Å². The third kappa shape index (κ3) is 3.01. The van der Waals surface area contributed by atoms with Gasteiger partial charge in [-0.2, -0.15) is 0 Å². The van der Waals surface area contributed by atoms with Gasteiger partial charge in [-0.1, -0.05) is 12.1 Å². The van der Waals surface area contributed by atoms with Crippen LogP contribution in [0.3, 0.4) is 0 Å². The summed E-state index contributed by atoms with van der Waals surface area (Å²) in [5.41, 5.74) is 8.23. The molecule has 0 bridgehead atoms. The monoisotopic (exact) mass is 234 g/mol. The number of rotatable bonds is 6. The van der Waals surface area contributed by atoms with E-state index in [2.05, 4.69) is 24.5 Å². The van der Waals surface area contributed by atoms with Gasteiger partial charge < -0.3 is 15.4 Å². The van der Waals surface area contributed by atoms with E-state index in [-0.39, 0.29) is 6.04 Å². The second kappa shape index (κ2) is 6.30. The Morgan fingerprint density at radius 1 is 1.53 bits per heavy atom. The van der Waals surface area contributed by atoms with Gasteiger partial charge in [-0.15, -0.1) is 6.58 Å². The Hall–Kier alpha value is -1.48. The molecule has 0 amide bonds.